The second-order valence-electron chi connectivity index (χ2n) is 1.74. The lowest BCUT2D eigenvalue weighted by atomic mass is 10.3. The zero-order chi connectivity index (χ0) is 6.85. The van der Waals surface area contributed by atoms with E-state index in [-0.39, 0.29) is 0 Å². The SMILES string of the molecule is [NH3+]c1ccc(Br)cc1Cl. The topological polar surface area (TPSA) is 27.6 Å². The number of hydrogen-bond acceptors (Lipinski definition) is 0. The Hall–Kier alpha value is -0.0500. The van der Waals surface area contributed by atoms with Crippen LogP contribution in [0.2, 0.25) is 5.02 Å². The van der Waals surface area contributed by atoms with Crippen LogP contribution in [0, 0.1) is 0 Å². The molecule has 0 heterocycles. The highest BCUT2D eigenvalue weighted by Crippen LogP contribution is 2.21. The minimum absolute atomic E-state index is 0.698. The van der Waals surface area contributed by atoms with Gasteiger partial charge in [-0.05, 0) is 12.1 Å². The maximum absolute atomic E-state index is 5.72. The lowest BCUT2D eigenvalue weighted by molar-refractivity contribution is -0.254. The molecule has 0 fully saturated rings. The van der Waals surface area contributed by atoms with Gasteiger partial charge in [0, 0.05) is 10.5 Å². The Balaban J connectivity index is 3.17. The second kappa shape index (κ2) is 2.69. The van der Waals surface area contributed by atoms with Crippen LogP contribution in [0.4, 0.5) is 5.69 Å². The smallest absolute Gasteiger partial charge is 0.146 e. The maximum Gasteiger partial charge on any atom is 0.146 e. The van der Waals surface area contributed by atoms with Gasteiger partial charge in [0.05, 0.1) is 0 Å². The van der Waals surface area contributed by atoms with E-state index in [1.165, 1.54) is 0 Å². The summed E-state index contributed by atoms with van der Waals surface area (Å²) in [6.07, 6.45) is 0. The van der Waals surface area contributed by atoms with Crippen LogP contribution in [0.25, 0.3) is 0 Å². The van der Waals surface area contributed by atoms with Gasteiger partial charge in [-0.25, -0.2) is 0 Å². The van der Waals surface area contributed by atoms with E-state index in [0.29, 0.717) is 5.02 Å². The Labute approximate surface area is 66.9 Å². The number of halogens is 2. The molecule has 0 atom stereocenters. The molecule has 3 heteroatoms. The first-order valence-corrected chi connectivity index (χ1v) is 3.64. The normalized spacial score (nSPS) is 9.67. The first kappa shape index (κ1) is 7.06. The summed E-state index contributed by atoms with van der Waals surface area (Å²) < 4.78 is 0.986. The number of rotatable bonds is 0. The molecule has 48 valence electrons. The molecule has 0 aromatic heterocycles. The minimum atomic E-state index is 0.698. The van der Waals surface area contributed by atoms with E-state index >= 15 is 0 Å². The summed E-state index contributed by atoms with van der Waals surface area (Å²) in [5.74, 6) is 0. The molecule has 0 saturated heterocycles. The van der Waals surface area contributed by atoms with Crippen LogP contribution in [0.15, 0.2) is 22.7 Å². The standard InChI is InChI=1S/C6H5BrClN/c7-4-1-2-6(9)5(8)3-4/h1-3H,9H2/p+1. The Morgan fingerprint density at radius 1 is 1.44 bits per heavy atom. The fraction of sp³-hybridized carbons (Fsp3) is 0. The van der Waals surface area contributed by atoms with Crippen molar-refractivity contribution in [2.45, 2.75) is 0 Å². The van der Waals surface area contributed by atoms with E-state index in [2.05, 4.69) is 21.7 Å². The molecule has 0 aliphatic carbocycles. The van der Waals surface area contributed by atoms with Crippen molar-refractivity contribution in [1.82, 2.24) is 0 Å². The third-order valence-corrected chi connectivity index (χ3v) is 1.86. The van der Waals surface area contributed by atoms with Crippen LogP contribution in [-0.4, -0.2) is 0 Å². The zero-order valence-corrected chi connectivity index (χ0v) is 7.04. The largest absolute Gasteiger partial charge is 0.324 e. The number of hydrogen-bond donors (Lipinski definition) is 1. The highest BCUT2D eigenvalue weighted by Gasteiger charge is 1.96. The summed E-state index contributed by atoms with van der Waals surface area (Å²) in [6, 6.07) is 5.60. The van der Waals surface area contributed by atoms with Gasteiger partial charge in [0.15, 0.2) is 0 Å². The molecular weight excluding hydrogens is 201 g/mol. The van der Waals surface area contributed by atoms with Crippen molar-refractivity contribution >= 4 is 33.2 Å². The van der Waals surface area contributed by atoms with Gasteiger partial charge in [0.2, 0.25) is 0 Å². The molecule has 1 nitrogen and oxygen atoms in total. The van der Waals surface area contributed by atoms with Crippen molar-refractivity contribution in [3.8, 4) is 0 Å². The van der Waals surface area contributed by atoms with E-state index in [0.717, 1.165) is 10.2 Å². The average molecular weight is 207 g/mol. The first-order valence-electron chi connectivity index (χ1n) is 2.47. The van der Waals surface area contributed by atoms with Crippen molar-refractivity contribution in [3.63, 3.8) is 0 Å². The monoisotopic (exact) mass is 206 g/mol. The van der Waals surface area contributed by atoms with Crippen LogP contribution >= 0.6 is 27.5 Å². The van der Waals surface area contributed by atoms with Gasteiger partial charge in [0.25, 0.3) is 0 Å². The summed E-state index contributed by atoms with van der Waals surface area (Å²) in [5.41, 5.74) is 4.57. The quantitative estimate of drug-likeness (QED) is 0.674. The minimum Gasteiger partial charge on any atom is -0.324 e. The van der Waals surface area contributed by atoms with Gasteiger partial charge in [-0.1, -0.05) is 27.5 Å². The highest BCUT2D eigenvalue weighted by molar-refractivity contribution is 9.10. The van der Waals surface area contributed by atoms with E-state index < -0.39 is 0 Å². The average Bonchev–Trinajstić information content (AvgIpc) is 1.80. The summed E-state index contributed by atoms with van der Waals surface area (Å²) in [5, 5.41) is 0.698. The van der Waals surface area contributed by atoms with Crippen LogP contribution in [0.3, 0.4) is 0 Å². The Bertz CT molecular complexity index is 224. The van der Waals surface area contributed by atoms with Gasteiger partial charge in [0.1, 0.15) is 10.7 Å². The summed E-state index contributed by atoms with van der Waals surface area (Å²) in [6.45, 7) is 0. The van der Waals surface area contributed by atoms with Gasteiger partial charge >= 0.3 is 0 Å². The van der Waals surface area contributed by atoms with Crippen LogP contribution < -0.4 is 5.73 Å². The summed E-state index contributed by atoms with van der Waals surface area (Å²) in [4.78, 5) is 0. The van der Waals surface area contributed by atoms with Gasteiger partial charge in [-0.15, -0.1) is 0 Å². The lowest BCUT2D eigenvalue weighted by Gasteiger charge is -1.91. The molecule has 0 saturated carbocycles. The highest BCUT2D eigenvalue weighted by atomic mass is 79.9. The van der Waals surface area contributed by atoms with Crippen LogP contribution in [0.5, 0.6) is 0 Å². The first-order chi connectivity index (χ1) is 4.20. The Morgan fingerprint density at radius 2 is 2.11 bits per heavy atom. The van der Waals surface area contributed by atoms with E-state index in [1.807, 2.05) is 18.2 Å². The molecule has 1 aromatic rings. The third kappa shape index (κ3) is 1.68. The fourth-order valence-corrected chi connectivity index (χ4v) is 1.20. The van der Waals surface area contributed by atoms with E-state index in [4.69, 9.17) is 11.6 Å². The van der Waals surface area contributed by atoms with Crippen molar-refractivity contribution in [3.05, 3.63) is 27.7 Å². The zero-order valence-electron chi connectivity index (χ0n) is 4.70. The second-order valence-corrected chi connectivity index (χ2v) is 3.06. The van der Waals surface area contributed by atoms with Crippen molar-refractivity contribution < 1.29 is 5.73 Å². The van der Waals surface area contributed by atoms with Gasteiger partial charge in [-0.2, -0.15) is 0 Å². The summed E-state index contributed by atoms with van der Waals surface area (Å²) in [7, 11) is 0. The van der Waals surface area contributed by atoms with E-state index in [1.54, 1.807) is 0 Å². The molecule has 0 radical (unpaired) electrons. The Kier molecular flexibility index (Phi) is 2.11. The van der Waals surface area contributed by atoms with E-state index in [9.17, 15) is 0 Å². The summed E-state index contributed by atoms with van der Waals surface area (Å²) >= 11 is 9.01. The van der Waals surface area contributed by atoms with Crippen LogP contribution in [-0.2, 0) is 0 Å². The predicted molar refractivity (Wildman–Crippen MR) is 41.7 cm³/mol. The van der Waals surface area contributed by atoms with Crippen LogP contribution in [0.1, 0.15) is 0 Å². The molecular formula is C6H6BrClN+. The number of quaternary nitrogens is 1. The fourth-order valence-electron chi connectivity index (χ4n) is 0.522. The number of benzene rings is 1. The molecule has 0 bridgehead atoms. The van der Waals surface area contributed by atoms with Crippen molar-refractivity contribution in [2.24, 2.45) is 0 Å². The van der Waals surface area contributed by atoms with Gasteiger partial charge in [-0.3, -0.25) is 0 Å². The molecule has 0 aliphatic heterocycles. The third-order valence-electron chi connectivity index (χ3n) is 1.02. The lowest BCUT2D eigenvalue weighted by Crippen LogP contribution is -2.40. The molecule has 1 rings (SSSR count). The van der Waals surface area contributed by atoms with Crippen molar-refractivity contribution in [2.75, 3.05) is 0 Å². The predicted octanol–water partition coefficient (Wildman–Crippen LogP) is 1.98. The molecule has 0 unspecified atom stereocenters. The molecule has 0 spiro atoms. The molecule has 0 aliphatic rings. The van der Waals surface area contributed by atoms with Gasteiger partial charge < -0.3 is 5.73 Å². The molecule has 0 amide bonds. The maximum atomic E-state index is 5.72. The molecule has 1 aromatic carbocycles. The molecule has 3 N–H and O–H groups in total. The Morgan fingerprint density at radius 3 is 2.56 bits per heavy atom. The van der Waals surface area contributed by atoms with Crippen molar-refractivity contribution in [1.29, 1.82) is 0 Å². The molecule has 9 heavy (non-hydrogen) atoms.